The monoisotopic (exact) mass is 314 g/mol. The van der Waals surface area contributed by atoms with Gasteiger partial charge in [0.05, 0.1) is 12.2 Å². The van der Waals surface area contributed by atoms with Crippen LogP contribution in [0.5, 0.6) is 5.75 Å². The first-order valence-corrected chi connectivity index (χ1v) is 7.42. The van der Waals surface area contributed by atoms with Gasteiger partial charge in [-0.2, -0.15) is 0 Å². The first-order chi connectivity index (χ1) is 10.9. The van der Waals surface area contributed by atoms with Crippen molar-refractivity contribution < 1.29 is 9.53 Å². The van der Waals surface area contributed by atoms with Gasteiger partial charge in [-0.05, 0) is 37.6 Å². The highest BCUT2D eigenvalue weighted by Gasteiger charge is 2.07. The number of nitrogens with one attached hydrogen (secondary N) is 1. The van der Waals surface area contributed by atoms with E-state index in [9.17, 15) is 4.79 Å². The smallest absolute Gasteiger partial charge is 0.258 e. The molecule has 23 heavy (non-hydrogen) atoms. The summed E-state index contributed by atoms with van der Waals surface area (Å²) in [4.78, 5) is 22.4. The van der Waals surface area contributed by atoms with Crippen molar-refractivity contribution in [3.05, 3.63) is 47.3 Å². The summed E-state index contributed by atoms with van der Waals surface area (Å²) in [5.41, 5.74) is 2.73. The maximum absolute atomic E-state index is 11.9. The topological polar surface area (TPSA) is 67.3 Å². The molecule has 1 N–H and O–H groups in total. The largest absolute Gasteiger partial charge is 0.484 e. The lowest BCUT2D eigenvalue weighted by molar-refractivity contribution is -0.123. The van der Waals surface area contributed by atoms with Crippen LogP contribution >= 0.6 is 0 Å². The minimum atomic E-state index is -0.186. The Morgan fingerprint density at radius 2 is 2.00 bits per heavy atom. The number of anilines is 1. The summed E-state index contributed by atoms with van der Waals surface area (Å²) >= 11 is 0. The predicted octanol–water partition coefficient (Wildman–Crippen LogP) is 1.85. The van der Waals surface area contributed by atoms with Crippen LogP contribution in [0.3, 0.4) is 0 Å². The Morgan fingerprint density at radius 3 is 2.70 bits per heavy atom. The van der Waals surface area contributed by atoms with Gasteiger partial charge in [-0.25, -0.2) is 9.97 Å². The van der Waals surface area contributed by atoms with Crippen molar-refractivity contribution in [2.45, 2.75) is 20.4 Å². The molecule has 0 aliphatic heterocycles. The highest BCUT2D eigenvalue weighted by atomic mass is 16.5. The van der Waals surface area contributed by atoms with Crippen LogP contribution in [0.15, 0.2) is 30.3 Å². The molecule has 1 aromatic carbocycles. The molecule has 2 rings (SSSR count). The van der Waals surface area contributed by atoms with Crippen molar-refractivity contribution in [1.29, 1.82) is 0 Å². The van der Waals surface area contributed by atoms with Crippen LogP contribution < -0.4 is 15.0 Å². The molecule has 0 spiro atoms. The Morgan fingerprint density at radius 1 is 1.22 bits per heavy atom. The van der Waals surface area contributed by atoms with Gasteiger partial charge in [-0.1, -0.05) is 12.1 Å². The van der Waals surface area contributed by atoms with E-state index in [1.54, 1.807) is 0 Å². The van der Waals surface area contributed by atoms with E-state index in [4.69, 9.17) is 4.74 Å². The Bertz CT molecular complexity index is 686. The average molecular weight is 314 g/mol. The normalized spacial score (nSPS) is 10.3. The van der Waals surface area contributed by atoms with Crippen molar-refractivity contribution in [3.63, 3.8) is 0 Å². The van der Waals surface area contributed by atoms with Gasteiger partial charge in [0.15, 0.2) is 6.61 Å². The maximum atomic E-state index is 11.9. The number of nitrogens with zero attached hydrogens (tertiary/aromatic N) is 3. The van der Waals surface area contributed by atoms with E-state index in [-0.39, 0.29) is 12.5 Å². The number of aromatic nitrogens is 2. The van der Waals surface area contributed by atoms with Gasteiger partial charge in [0.1, 0.15) is 5.75 Å². The summed E-state index contributed by atoms with van der Waals surface area (Å²) in [5, 5.41) is 2.80. The zero-order valence-electron chi connectivity index (χ0n) is 14.0. The summed E-state index contributed by atoms with van der Waals surface area (Å²) in [6, 6.07) is 9.46. The fourth-order valence-corrected chi connectivity index (χ4v) is 2.00. The number of aryl methyl sites for hydroxylation is 2. The van der Waals surface area contributed by atoms with Crippen LogP contribution in [0.2, 0.25) is 0 Å². The molecule has 0 saturated carbocycles. The second-order valence-corrected chi connectivity index (χ2v) is 5.58. The van der Waals surface area contributed by atoms with Crippen molar-refractivity contribution in [3.8, 4) is 5.75 Å². The zero-order chi connectivity index (χ0) is 16.8. The van der Waals surface area contributed by atoms with Gasteiger partial charge >= 0.3 is 0 Å². The number of hydrogen-bond donors (Lipinski definition) is 1. The summed E-state index contributed by atoms with van der Waals surface area (Å²) in [7, 11) is 3.76. The number of ether oxygens (including phenoxy) is 1. The molecule has 0 saturated heterocycles. The van der Waals surface area contributed by atoms with E-state index in [2.05, 4.69) is 15.3 Å². The van der Waals surface area contributed by atoms with Crippen LogP contribution in [0, 0.1) is 13.8 Å². The molecule has 0 aliphatic rings. The summed E-state index contributed by atoms with van der Waals surface area (Å²) < 4.78 is 5.47. The van der Waals surface area contributed by atoms with Crippen molar-refractivity contribution in [1.82, 2.24) is 15.3 Å². The Hall–Kier alpha value is -2.63. The summed E-state index contributed by atoms with van der Waals surface area (Å²) in [6.45, 7) is 4.21. The highest BCUT2D eigenvalue weighted by molar-refractivity contribution is 5.77. The standard InChI is InChI=1S/C17H22N4O2/c1-12-6-5-7-15(8-12)23-11-16(22)18-10-14-9-13(2)19-17(20-14)21(3)4/h5-9H,10-11H2,1-4H3,(H,18,22). The van der Waals surface area contributed by atoms with E-state index in [0.29, 0.717) is 18.2 Å². The van der Waals surface area contributed by atoms with E-state index in [0.717, 1.165) is 17.0 Å². The lowest BCUT2D eigenvalue weighted by Crippen LogP contribution is -2.29. The fourth-order valence-electron chi connectivity index (χ4n) is 2.00. The minimum absolute atomic E-state index is 0.0198. The molecule has 1 heterocycles. The average Bonchev–Trinajstić information content (AvgIpc) is 2.50. The molecule has 122 valence electrons. The predicted molar refractivity (Wildman–Crippen MR) is 89.6 cm³/mol. The minimum Gasteiger partial charge on any atom is -0.484 e. The van der Waals surface area contributed by atoms with E-state index in [1.165, 1.54) is 0 Å². The number of benzene rings is 1. The highest BCUT2D eigenvalue weighted by Crippen LogP contribution is 2.12. The second-order valence-electron chi connectivity index (χ2n) is 5.58. The molecule has 1 aromatic heterocycles. The second kappa shape index (κ2) is 7.58. The summed E-state index contributed by atoms with van der Waals surface area (Å²) in [5.74, 6) is 1.13. The molecule has 1 amide bonds. The Kier molecular flexibility index (Phi) is 5.51. The molecule has 0 fully saturated rings. The first-order valence-electron chi connectivity index (χ1n) is 7.42. The molecule has 2 aromatic rings. The molecular formula is C17H22N4O2. The van der Waals surface area contributed by atoms with Crippen LogP contribution in [-0.4, -0.2) is 36.6 Å². The molecule has 0 aliphatic carbocycles. The maximum Gasteiger partial charge on any atom is 0.258 e. The molecule has 6 heteroatoms. The lowest BCUT2D eigenvalue weighted by Gasteiger charge is -2.13. The van der Waals surface area contributed by atoms with Crippen LogP contribution in [0.25, 0.3) is 0 Å². The molecule has 0 radical (unpaired) electrons. The molecule has 0 unspecified atom stereocenters. The molecule has 0 atom stereocenters. The van der Waals surface area contributed by atoms with E-state index >= 15 is 0 Å². The van der Waals surface area contributed by atoms with Crippen LogP contribution in [0.1, 0.15) is 17.0 Å². The lowest BCUT2D eigenvalue weighted by atomic mass is 10.2. The van der Waals surface area contributed by atoms with E-state index < -0.39 is 0 Å². The van der Waals surface area contributed by atoms with Gasteiger partial charge in [-0.3, -0.25) is 4.79 Å². The van der Waals surface area contributed by atoms with Crippen molar-refractivity contribution in [2.24, 2.45) is 0 Å². The van der Waals surface area contributed by atoms with Gasteiger partial charge < -0.3 is 15.0 Å². The third-order valence-corrected chi connectivity index (χ3v) is 3.12. The van der Waals surface area contributed by atoms with Crippen LogP contribution in [0.4, 0.5) is 5.95 Å². The van der Waals surface area contributed by atoms with E-state index in [1.807, 2.05) is 63.2 Å². The number of amides is 1. The van der Waals surface area contributed by atoms with Crippen molar-refractivity contribution >= 4 is 11.9 Å². The van der Waals surface area contributed by atoms with Gasteiger partial charge in [0.25, 0.3) is 5.91 Å². The number of carbonyl (C=O) groups is 1. The zero-order valence-corrected chi connectivity index (χ0v) is 14.0. The first kappa shape index (κ1) is 16.7. The van der Waals surface area contributed by atoms with Crippen molar-refractivity contribution in [2.75, 3.05) is 25.6 Å². The van der Waals surface area contributed by atoms with Gasteiger partial charge in [0, 0.05) is 19.8 Å². The quantitative estimate of drug-likeness (QED) is 0.881. The number of rotatable bonds is 6. The summed E-state index contributed by atoms with van der Waals surface area (Å²) in [6.07, 6.45) is 0. The van der Waals surface area contributed by atoms with Gasteiger partial charge in [0.2, 0.25) is 5.95 Å². The SMILES string of the molecule is Cc1cccc(OCC(=O)NCc2cc(C)nc(N(C)C)n2)c1. The number of hydrogen-bond acceptors (Lipinski definition) is 5. The molecule has 0 bridgehead atoms. The third-order valence-electron chi connectivity index (χ3n) is 3.12. The van der Waals surface area contributed by atoms with Gasteiger partial charge in [-0.15, -0.1) is 0 Å². The fraction of sp³-hybridized carbons (Fsp3) is 0.353. The molecular weight excluding hydrogens is 292 g/mol. The number of carbonyl (C=O) groups excluding carboxylic acids is 1. The third kappa shape index (κ3) is 5.25. The van der Waals surface area contributed by atoms with Crippen LogP contribution in [-0.2, 0) is 11.3 Å². The molecule has 6 nitrogen and oxygen atoms in total. The Balaban J connectivity index is 1.87. The Labute approximate surface area is 136 Å².